The van der Waals surface area contributed by atoms with Crippen molar-refractivity contribution in [2.45, 2.75) is 6.92 Å². The molecule has 5 heteroatoms. The van der Waals surface area contributed by atoms with Crippen molar-refractivity contribution in [2.24, 2.45) is 0 Å². The number of nitrogens with zero attached hydrogens (tertiary/aromatic N) is 1. The van der Waals surface area contributed by atoms with Gasteiger partial charge in [0.1, 0.15) is 17.1 Å². The number of hydrogen-bond acceptors (Lipinski definition) is 3. The molecule has 5 nitrogen and oxygen atoms in total. The molecular weight excluding hydrogens is 256 g/mol. The summed E-state index contributed by atoms with van der Waals surface area (Å²) >= 11 is 0. The van der Waals surface area contributed by atoms with Crippen molar-refractivity contribution in [3.63, 3.8) is 0 Å². The van der Waals surface area contributed by atoms with E-state index in [-0.39, 0.29) is 5.57 Å². The second kappa shape index (κ2) is 4.70. The molecule has 0 unspecified atom stereocenters. The van der Waals surface area contributed by atoms with Gasteiger partial charge in [-0.15, -0.1) is 0 Å². The van der Waals surface area contributed by atoms with Crippen LogP contribution in [0.2, 0.25) is 0 Å². The summed E-state index contributed by atoms with van der Waals surface area (Å²) in [5, 5.41) is 1.23. The lowest BCUT2D eigenvalue weighted by Crippen LogP contribution is -2.35. The first-order valence-corrected chi connectivity index (χ1v) is 6.14. The van der Waals surface area contributed by atoms with E-state index in [1.54, 1.807) is 43.3 Å². The zero-order valence-corrected chi connectivity index (χ0v) is 10.8. The minimum Gasteiger partial charge on any atom is -0.462 e. The molecule has 1 aliphatic rings. The van der Waals surface area contributed by atoms with Crippen LogP contribution >= 0.6 is 0 Å². The minimum atomic E-state index is -0.437. The van der Waals surface area contributed by atoms with Crippen LogP contribution in [0.25, 0.3) is 6.08 Å². The van der Waals surface area contributed by atoms with Crippen LogP contribution in [0, 0.1) is 6.92 Å². The third kappa shape index (κ3) is 2.09. The molecule has 1 aromatic carbocycles. The van der Waals surface area contributed by atoms with Crippen LogP contribution in [0.4, 0.5) is 5.69 Å². The lowest BCUT2D eigenvalue weighted by Gasteiger charge is -2.13. The van der Waals surface area contributed by atoms with Gasteiger partial charge in [0.15, 0.2) is 0 Å². The van der Waals surface area contributed by atoms with E-state index in [1.807, 2.05) is 6.07 Å². The number of carbonyl (C=O) groups excluding carboxylic acids is 2. The summed E-state index contributed by atoms with van der Waals surface area (Å²) in [4.78, 5) is 24.2. The highest BCUT2D eigenvalue weighted by molar-refractivity contribution is 6.31. The Bertz CT molecular complexity index is 701. The fourth-order valence-electron chi connectivity index (χ4n) is 1.99. The van der Waals surface area contributed by atoms with Gasteiger partial charge in [0.25, 0.3) is 11.8 Å². The molecule has 2 amide bonds. The Morgan fingerprint density at radius 1 is 1.10 bits per heavy atom. The lowest BCUT2D eigenvalue weighted by molar-refractivity contribution is -0.117. The van der Waals surface area contributed by atoms with Crippen LogP contribution in [0.15, 0.2) is 52.5 Å². The molecule has 1 aromatic heterocycles. The molecule has 0 radical (unpaired) electrons. The summed E-state index contributed by atoms with van der Waals surface area (Å²) in [5.41, 5.74) is 3.21. The maximum atomic E-state index is 12.3. The first-order chi connectivity index (χ1) is 9.65. The highest BCUT2D eigenvalue weighted by atomic mass is 16.3. The molecule has 20 heavy (non-hydrogen) atoms. The number of furan rings is 1. The SMILES string of the molecule is Cc1ccc(/C=C2/C(=O)NN(c3ccccc3)C2=O)o1. The predicted molar refractivity (Wildman–Crippen MR) is 73.5 cm³/mol. The molecule has 3 rings (SSSR count). The van der Waals surface area contributed by atoms with Crippen molar-refractivity contribution in [3.8, 4) is 0 Å². The van der Waals surface area contributed by atoms with Crippen LogP contribution < -0.4 is 10.4 Å². The maximum Gasteiger partial charge on any atom is 0.282 e. The van der Waals surface area contributed by atoms with Crippen molar-refractivity contribution in [3.05, 3.63) is 59.6 Å². The molecule has 0 spiro atoms. The normalized spacial score (nSPS) is 16.9. The molecule has 2 aromatic rings. The number of aryl methyl sites for hydroxylation is 1. The van der Waals surface area contributed by atoms with E-state index in [9.17, 15) is 9.59 Å². The lowest BCUT2D eigenvalue weighted by atomic mass is 10.2. The van der Waals surface area contributed by atoms with Gasteiger partial charge in [0.2, 0.25) is 0 Å². The zero-order chi connectivity index (χ0) is 14.1. The number of hydrogen-bond donors (Lipinski definition) is 1. The molecule has 0 atom stereocenters. The molecule has 1 fully saturated rings. The van der Waals surface area contributed by atoms with Crippen molar-refractivity contribution in [1.82, 2.24) is 5.43 Å². The highest BCUT2D eigenvalue weighted by Crippen LogP contribution is 2.21. The number of anilines is 1. The topological polar surface area (TPSA) is 62.6 Å². The number of nitrogens with one attached hydrogen (secondary N) is 1. The molecule has 0 saturated carbocycles. The minimum absolute atomic E-state index is 0.0585. The number of benzene rings is 1. The third-order valence-electron chi connectivity index (χ3n) is 2.95. The Labute approximate surface area is 115 Å². The zero-order valence-electron chi connectivity index (χ0n) is 10.8. The Morgan fingerprint density at radius 2 is 1.85 bits per heavy atom. The van der Waals surface area contributed by atoms with Gasteiger partial charge in [-0.05, 0) is 37.3 Å². The molecule has 1 aliphatic heterocycles. The second-order valence-corrected chi connectivity index (χ2v) is 4.42. The molecule has 0 bridgehead atoms. The summed E-state index contributed by atoms with van der Waals surface area (Å²) in [6, 6.07) is 12.4. The van der Waals surface area contributed by atoms with Gasteiger partial charge in [-0.25, -0.2) is 5.01 Å². The standard InChI is InChI=1S/C15H12N2O3/c1-10-7-8-12(20-10)9-13-14(18)16-17(15(13)19)11-5-3-2-4-6-11/h2-9H,1H3,(H,16,18)/b13-9-. The first kappa shape index (κ1) is 12.2. The summed E-state index contributed by atoms with van der Waals surface area (Å²) in [6.45, 7) is 1.80. The quantitative estimate of drug-likeness (QED) is 0.669. The van der Waals surface area contributed by atoms with E-state index in [4.69, 9.17) is 4.42 Å². The van der Waals surface area contributed by atoms with E-state index in [0.29, 0.717) is 11.4 Å². The molecular formula is C15H12N2O3. The number of carbonyl (C=O) groups is 2. The van der Waals surface area contributed by atoms with Gasteiger partial charge in [0, 0.05) is 0 Å². The third-order valence-corrected chi connectivity index (χ3v) is 2.95. The van der Waals surface area contributed by atoms with E-state index in [1.165, 1.54) is 11.1 Å². The average molecular weight is 268 g/mol. The van der Waals surface area contributed by atoms with Crippen LogP contribution in [-0.4, -0.2) is 11.8 Å². The Balaban J connectivity index is 1.93. The largest absolute Gasteiger partial charge is 0.462 e. The van der Waals surface area contributed by atoms with Crippen LogP contribution in [0.3, 0.4) is 0 Å². The van der Waals surface area contributed by atoms with Gasteiger partial charge in [0.05, 0.1) is 5.69 Å². The van der Waals surface area contributed by atoms with Crippen molar-refractivity contribution in [1.29, 1.82) is 0 Å². The summed E-state index contributed by atoms with van der Waals surface area (Å²) < 4.78 is 5.36. The Kier molecular flexibility index (Phi) is 2.87. The van der Waals surface area contributed by atoms with Gasteiger partial charge in [-0.3, -0.25) is 15.0 Å². The number of amides is 2. The van der Waals surface area contributed by atoms with Gasteiger partial charge < -0.3 is 4.42 Å². The molecule has 100 valence electrons. The van der Waals surface area contributed by atoms with E-state index in [2.05, 4.69) is 5.43 Å². The van der Waals surface area contributed by atoms with Crippen LogP contribution in [-0.2, 0) is 9.59 Å². The summed E-state index contributed by atoms with van der Waals surface area (Å²) in [6.07, 6.45) is 1.45. The summed E-state index contributed by atoms with van der Waals surface area (Å²) in [5.74, 6) is 0.377. The van der Waals surface area contributed by atoms with Crippen LogP contribution in [0.5, 0.6) is 0 Å². The van der Waals surface area contributed by atoms with Crippen molar-refractivity contribution in [2.75, 3.05) is 5.01 Å². The Morgan fingerprint density at radius 3 is 2.50 bits per heavy atom. The number of rotatable bonds is 2. The average Bonchev–Trinajstić information content (AvgIpc) is 2.98. The molecule has 1 N–H and O–H groups in total. The van der Waals surface area contributed by atoms with Gasteiger partial charge in [-0.1, -0.05) is 18.2 Å². The maximum absolute atomic E-state index is 12.3. The Hall–Kier alpha value is -2.82. The van der Waals surface area contributed by atoms with E-state index < -0.39 is 11.8 Å². The van der Waals surface area contributed by atoms with Crippen molar-refractivity contribution >= 4 is 23.6 Å². The van der Waals surface area contributed by atoms with E-state index >= 15 is 0 Å². The monoisotopic (exact) mass is 268 g/mol. The van der Waals surface area contributed by atoms with Gasteiger partial charge >= 0.3 is 0 Å². The van der Waals surface area contributed by atoms with Gasteiger partial charge in [-0.2, -0.15) is 0 Å². The number of hydrazine groups is 1. The molecule has 2 heterocycles. The fourth-order valence-corrected chi connectivity index (χ4v) is 1.99. The molecule has 1 saturated heterocycles. The van der Waals surface area contributed by atoms with Crippen molar-refractivity contribution < 1.29 is 14.0 Å². The second-order valence-electron chi connectivity index (χ2n) is 4.42. The predicted octanol–water partition coefficient (Wildman–Crippen LogP) is 2.05. The highest BCUT2D eigenvalue weighted by Gasteiger charge is 2.34. The fraction of sp³-hybridized carbons (Fsp3) is 0.0667. The molecule has 0 aliphatic carbocycles. The summed E-state index contributed by atoms with van der Waals surface area (Å²) in [7, 11) is 0. The van der Waals surface area contributed by atoms with Crippen LogP contribution in [0.1, 0.15) is 11.5 Å². The first-order valence-electron chi connectivity index (χ1n) is 6.14. The number of para-hydroxylation sites is 1. The smallest absolute Gasteiger partial charge is 0.282 e. The van der Waals surface area contributed by atoms with E-state index in [0.717, 1.165) is 5.76 Å².